The highest BCUT2D eigenvalue weighted by Gasteiger charge is 2.28. The number of aliphatic carboxylic acids is 1. The molecule has 1 aromatic carbocycles. The number of likely N-dealkylation sites (tertiary alicyclic amines) is 1. The molecule has 0 spiro atoms. The van der Waals surface area contributed by atoms with E-state index in [1.165, 1.54) is 5.56 Å². The van der Waals surface area contributed by atoms with Crippen LogP contribution >= 0.6 is 0 Å². The van der Waals surface area contributed by atoms with Crippen molar-refractivity contribution in [1.29, 1.82) is 0 Å². The number of ether oxygens (including phenoxy) is 1. The van der Waals surface area contributed by atoms with Crippen molar-refractivity contribution in [3.63, 3.8) is 0 Å². The Kier molecular flexibility index (Phi) is 6.68. The van der Waals surface area contributed by atoms with Crippen LogP contribution in [0, 0.1) is 5.92 Å². The minimum Gasteiger partial charge on any atom is -0.481 e. The summed E-state index contributed by atoms with van der Waals surface area (Å²) in [6, 6.07) is 7.90. The molecule has 5 heteroatoms. The number of carboxylic acids is 1. The van der Waals surface area contributed by atoms with Gasteiger partial charge >= 0.3 is 5.97 Å². The van der Waals surface area contributed by atoms with Crippen molar-refractivity contribution >= 4 is 11.9 Å². The van der Waals surface area contributed by atoms with E-state index in [0.29, 0.717) is 18.7 Å². The Bertz CT molecular complexity index is 618. The third-order valence-electron chi connectivity index (χ3n) is 4.98. The Morgan fingerprint density at radius 2 is 1.92 bits per heavy atom. The molecule has 2 atom stereocenters. The SMILES string of the molecule is CC(Oc1ccc(C(C)(C)C)cc1)C(=O)N1CCCC(CCC(=O)O)C1. The van der Waals surface area contributed by atoms with Gasteiger partial charge in [0.15, 0.2) is 6.10 Å². The minimum atomic E-state index is -0.774. The fourth-order valence-corrected chi connectivity index (χ4v) is 3.37. The van der Waals surface area contributed by atoms with Gasteiger partial charge in [0.25, 0.3) is 5.91 Å². The summed E-state index contributed by atoms with van der Waals surface area (Å²) in [5.41, 5.74) is 1.31. The Morgan fingerprint density at radius 1 is 1.27 bits per heavy atom. The van der Waals surface area contributed by atoms with E-state index in [-0.39, 0.29) is 23.7 Å². The molecule has 1 saturated heterocycles. The van der Waals surface area contributed by atoms with Crippen molar-refractivity contribution in [1.82, 2.24) is 4.90 Å². The molecule has 0 aliphatic carbocycles. The third kappa shape index (κ3) is 5.75. The number of carbonyl (C=O) groups excluding carboxylic acids is 1. The largest absolute Gasteiger partial charge is 0.481 e. The van der Waals surface area contributed by atoms with Crippen LogP contribution in [0.15, 0.2) is 24.3 Å². The first kappa shape index (κ1) is 20.3. The molecule has 144 valence electrons. The maximum absolute atomic E-state index is 12.7. The highest BCUT2D eigenvalue weighted by molar-refractivity contribution is 5.81. The summed E-state index contributed by atoms with van der Waals surface area (Å²) in [6.07, 6.45) is 2.15. The second kappa shape index (κ2) is 8.56. The van der Waals surface area contributed by atoms with Crippen LogP contribution in [0.5, 0.6) is 5.75 Å². The number of rotatable bonds is 6. The first-order chi connectivity index (χ1) is 12.2. The Balaban J connectivity index is 1.91. The summed E-state index contributed by atoms with van der Waals surface area (Å²) >= 11 is 0. The average Bonchev–Trinajstić information content (AvgIpc) is 2.59. The van der Waals surface area contributed by atoms with E-state index < -0.39 is 12.1 Å². The highest BCUT2D eigenvalue weighted by Crippen LogP contribution is 2.25. The molecule has 0 saturated carbocycles. The first-order valence-corrected chi connectivity index (χ1v) is 9.44. The predicted molar refractivity (Wildman–Crippen MR) is 101 cm³/mol. The molecule has 1 aromatic rings. The molecule has 26 heavy (non-hydrogen) atoms. The van der Waals surface area contributed by atoms with Gasteiger partial charge in [0.05, 0.1) is 0 Å². The summed E-state index contributed by atoms with van der Waals surface area (Å²) in [6.45, 7) is 9.60. The second-order valence-corrected chi connectivity index (χ2v) is 8.26. The maximum atomic E-state index is 12.7. The zero-order valence-electron chi connectivity index (χ0n) is 16.3. The van der Waals surface area contributed by atoms with Gasteiger partial charge < -0.3 is 14.7 Å². The van der Waals surface area contributed by atoms with E-state index in [4.69, 9.17) is 9.84 Å². The van der Waals surface area contributed by atoms with Gasteiger partial charge in [-0.05, 0) is 55.2 Å². The maximum Gasteiger partial charge on any atom is 0.303 e. The molecule has 2 rings (SSSR count). The van der Waals surface area contributed by atoms with Crippen LogP contribution in [0.3, 0.4) is 0 Å². The molecule has 1 aliphatic heterocycles. The number of carbonyl (C=O) groups is 2. The zero-order valence-corrected chi connectivity index (χ0v) is 16.3. The van der Waals surface area contributed by atoms with Crippen LogP contribution in [-0.4, -0.2) is 41.1 Å². The summed E-state index contributed by atoms with van der Waals surface area (Å²) in [5.74, 6) is 0.161. The number of piperidine rings is 1. The van der Waals surface area contributed by atoms with Crippen molar-refractivity contribution in [3.8, 4) is 5.75 Å². The minimum absolute atomic E-state index is 0.0232. The van der Waals surface area contributed by atoms with Gasteiger partial charge in [0.2, 0.25) is 0 Å². The van der Waals surface area contributed by atoms with Gasteiger partial charge in [-0.1, -0.05) is 32.9 Å². The molecule has 5 nitrogen and oxygen atoms in total. The number of benzene rings is 1. The van der Waals surface area contributed by atoms with E-state index in [1.54, 1.807) is 6.92 Å². The van der Waals surface area contributed by atoms with Crippen LogP contribution < -0.4 is 4.74 Å². The molecular weight excluding hydrogens is 330 g/mol. The fourth-order valence-electron chi connectivity index (χ4n) is 3.37. The quantitative estimate of drug-likeness (QED) is 0.835. The third-order valence-corrected chi connectivity index (χ3v) is 4.98. The van der Waals surface area contributed by atoms with Crippen molar-refractivity contribution < 1.29 is 19.4 Å². The smallest absolute Gasteiger partial charge is 0.303 e. The molecule has 0 bridgehead atoms. The lowest BCUT2D eigenvalue weighted by Gasteiger charge is -2.34. The van der Waals surface area contributed by atoms with Crippen LogP contribution in [0.2, 0.25) is 0 Å². The highest BCUT2D eigenvalue weighted by atomic mass is 16.5. The standard InChI is InChI=1S/C21H31NO4/c1-15(26-18-10-8-17(9-11-18)21(2,3)4)20(25)22-13-5-6-16(14-22)7-12-19(23)24/h8-11,15-16H,5-7,12-14H2,1-4H3,(H,23,24). The van der Waals surface area contributed by atoms with Crippen LogP contribution in [0.1, 0.15) is 58.9 Å². The second-order valence-electron chi connectivity index (χ2n) is 8.26. The fraction of sp³-hybridized carbons (Fsp3) is 0.619. The molecule has 1 fully saturated rings. The summed E-state index contributed by atoms with van der Waals surface area (Å²) in [5, 5.41) is 8.84. The molecule has 2 unspecified atom stereocenters. The van der Waals surface area contributed by atoms with Crippen molar-refractivity contribution in [2.45, 2.75) is 64.9 Å². The van der Waals surface area contributed by atoms with Gasteiger partial charge in [-0.25, -0.2) is 0 Å². The number of hydrogen-bond acceptors (Lipinski definition) is 3. The monoisotopic (exact) mass is 361 g/mol. The molecule has 1 heterocycles. The van der Waals surface area contributed by atoms with Crippen LogP contribution in [0.4, 0.5) is 0 Å². The summed E-state index contributed by atoms with van der Waals surface area (Å²) < 4.78 is 5.85. The lowest BCUT2D eigenvalue weighted by Crippen LogP contribution is -2.45. The average molecular weight is 361 g/mol. The van der Waals surface area contributed by atoms with E-state index in [9.17, 15) is 9.59 Å². The van der Waals surface area contributed by atoms with Crippen LogP contribution in [-0.2, 0) is 15.0 Å². The number of amides is 1. The molecule has 1 aliphatic rings. The Hall–Kier alpha value is -2.04. The predicted octanol–water partition coefficient (Wildman–Crippen LogP) is 3.85. The van der Waals surface area contributed by atoms with Crippen LogP contribution in [0.25, 0.3) is 0 Å². The number of nitrogens with zero attached hydrogens (tertiary/aromatic N) is 1. The van der Waals surface area contributed by atoms with Gasteiger partial charge in [0, 0.05) is 19.5 Å². The Morgan fingerprint density at radius 3 is 2.50 bits per heavy atom. The summed E-state index contributed by atoms with van der Waals surface area (Å²) in [7, 11) is 0. The number of hydrogen-bond donors (Lipinski definition) is 1. The number of carboxylic acid groups (broad SMARTS) is 1. The van der Waals surface area contributed by atoms with E-state index >= 15 is 0 Å². The van der Waals surface area contributed by atoms with Gasteiger partial charge in [0.1, 0.15) is 5.75 Å². The molecule has 0 radical (unpaired) electrons. The Labute approximate surface area is 156 Å². The summed E-state index contributed by atoms with van der Waals surface area (Å²) in [4.78, 5) is 25.3. The zero-order chi connectivity index (χ0) is 19.3. The van der Waals surface area contributed by atoms with Crippen molar-refractivity contribution in [3.05, 3.63) is 29.8 Å². The van der Waals surface area contributed by atoms with Gasteiger partial charge in [-0.2, -0.15) is 0 Å². The van der Waals surface area contributed by atoms with E-state index in [2.05, 4.69) is 20.8 Å². The van der Waals surface area contributed by atoms with E-state index in [1.807, 2.05) is 29.2 Å². The normalized spacial score (nSPS) is 19.1. The molecular formula is C21H31NO4. The van der Waals surface area contributed by atoms with Crippen molar-refractivity contribution in [2.75, 3.05) is 13.1 Å². The first-order valence-electron chi connectivity index (χ1n) is 9.44. The van der Waals surface area contributed by atoms with Gasteiger partial charge in [-0.3, -0.25) is 9.59 Å². The lowest BCUT2D eigenvalue weighted by atomic mass is 9.87. The molecule has 1 N–H and O–H groups in total. The molecule has 1 amide bonds. The molecule has 0 aromatic heterocycles. The van der Waals surface area contributed by atoms with Crippen molar-refractivity contribution in [2.24, 2.45) is 5.92 Å². The topological polar surface area (TPSA) is 66.8 Å². The lowest BCUT2D eigenvalue weighted by molar-refractivity contribution is -0.140. The van der Waals surface area contributed by atoms with Gasteiger partial charge in [-0.15, -0.1) is 0 Å². The van der Waals surface area contributed by atoms with E-state index in [0.717, 1.165) is 19.4 Å².